The molecule has 0 aliphatic heterocycles. The fourth-order valence-corrected chi connectivity index (χ4v) is 2.41. The number of rotatable bonds is 4. The fraction of sp³-hybridized carbons (Fsp3) is 0.0556. The molecule has 0 spiro atoms. The molecule has 0 radical (unpaired) electrons. The highest BCUT2D eigenvalue weighted by molar-refractivity contribution is 9.10. The summed E-state index contributed by atoms with van der Waals surface area (Å²) >= 11 is 3.39. The van der Waals surface area contributed by atoms with Crippen LogP contribution in [0.15, 0.2) is 70.2 Å². The summed E-state index contributed by atoms with van der Waals surface area (Å²) in [4.78, 5) is 12.2. The molecule has 120 valence electrons. The van der Waals surface area contributed by atoms with Gasteiger partial charge in [0.15, 0.2) is 0 Å². The monoisotopic (exact) mass is 382 g/mol. The molecule has 0 saturated carbocycles. The molecule has 0 fully saturated rings. The molecule has 0 aliphatic rings. The van der Waals surface area contributed by atoms with E-state index in [1.807, 2.05) is 61.5 Å². The van der Waals surface area contributed by atoms with Crippen LogP contribution in [0.2, 0.25) is 0 Å². The fourth-order valence-electron chi connectivity index (χ4n) is 2.15. The highest BCUT2D eigenvalue weighted by Gasteiger charge is 2.10. The summed E-state index contributed by atoms with van der Waals surface area (Å²) in [5.41, 5.74) is 6.22. The van der Waals surface area contributed by atoms with Crippen molar-refractivity contribution in [3.8, 4) is 11.3 Å². The molecular formula is C18H15BrN4O. The van der Waals surface area contributed by atoms with Crippen LogP contribution in [-0.2, 0) is 0 Å². The van der Waals surface area contributed by atoms with Crippen LogP contribution in [0.4, 0.5) is 0 Å². The molecule has 2 aromatic carbocycles. The topological polar surface area (TPSA) is 70.1 Å². The van der Waals surface area contributed by atoms with Crippen molar-refractivity contribution in [2.45, 2.75) is 6.92 Å². The quantitative estimate of drug-likeness (QED) is 0.528. The van der Waals surface area contributed by atoms with Crippen molar-refractivity contribution >= 4 is 27.5 Å². The van der Waals surface area contributed by atoms with Crippen LogP contribution >= 0.6 is 15.9 Å². The molecule has 0 unspecified atom stereocenters. The van der Waals surface area contributed by atoms with Gasteiger partial charge in [0.05, 0.1) is 11.4 Å². The maximum Gasteiger partial charge on any atom is 0.289 e. The van der Waals surface area contributed by atoms with E-state index >= 15 is 0 Å². The number of H-pyrrole nitrogens is 1. The molecule has 5 nitrogen and oxygen atoms in total. The number of aromatic amines is 1. The lowest BCUT2D eigenvalue weighted by Gasteiger charge is -2.01. The number of hydrazone groups is 1. The summed E-state index contributed by atoms with van der Waals surface area (Å²) in [5, 5.41) is 11.0. The SMILES string of the molecule is CC(=NNC(=O)c1cc(-c2ccc(Br)cc2)n[nH]1)c1ccccc1. The molecule has 3 rings (SSSR count). The third kappa shape index (κ3) is 3.78. The third-order valence-corrected chi connectivity index (χ3v) is 4.01. The number of aromatic nitrogens is 2. The van der Waals surface area contributed by atoms with Gasteiger partial charge >= 0.3 is 0 Å². The summed E-state index contributed by atoms with van der Waals surface area (Å²) in [6.07, 6.45) is 0. The van der Waals surface area contributed by atoms with Crippen molar-refractivity contribution in [1.29, 1.82) is 0 Å². The number of carbonyl (C=O) groups excluding carboxylic acids is 1. The van der Waals surface area contributed by atoms with Crippen LogP contribution in [0.3, 0.4) is 0 Å². The zero-order chi connectivity index (χ0) is 16.9. The Kier molecular flexibility index (Phi) is 4.86. The van der Waals surface area contributed by atoms with E-state index in [1.54, 1.807) is 6.07 Å². The highest BCUT2D eigenvalue weighted by atomic mass is 79.9. The van der Waals surface area contributed by atoms with Crippen LogP contribution in [0.5, 0.6) is 0 Å². The van der Waals surface area contributed by atoms with Gasteiger partial charge in [0, 0.05) is 10.0 Å². The Morgan fingerprint density at radius 3 is 2.54 bits per heavy atom. The Labute approximate surface area is 147 Å². The average molecular weight is 383 g/mol. The maximum absolute atomic E-state index is 12.2. The van der Waals surface area contributed by atoms with Gasteiger partial charge in [0.2, 0.25) is 0 Å². The van der Waals surface area contributed by atoms with Gasteiger partial charge in [-0.2, -0.15) is 10.2 Å². The van der Waals surface area contributed by atoms with E-state index < -0.39 is 0 Å². The molecule has 1 aromatic heterocycles. The van der Waals surface area contributed by atoms with Crippen LogP contribution in [0.1, 0.15) is 23.0 Å². The van der Waals surface area contributed by atoms with Gasteiger partial charge in [-0.25, -0.2) is 5.43 Å². The average Bonchev–Trinajstić information content (AvgIpc) is 3.11. The number of benzene rings is 2. The van der Waals surface area contributed by atoms with E-state index in [4.69, 9.17) is 0 Å². The number of hydrogen-bond acceptors (Lipinski definition) is 3. The summed E-state index contributed by atoms with van der Waals surface area (Å²) in [6, 6.07) is 19.1. The largest absolute Gasteiger partial charge is 0.289 e. The molecule has 0 saturated heterocycles. The second kappa shape index (κ2) is 7.23. The number of carbonyl (C=O) groups is 1. The van der Waals surface area contributed by atoms with Crippen molar-refractivity contribution in [3.63, 3.8) is 0 Å². The number of hydrogen-bond donors (Lipinski definition) is 2. The van der Waals surface area contributed by atoms with Crippen molar-refractivity contribution in [2.75, 3.05) is 0 Å². The Hall–Kier alpha value is -2.73. The van der Waals surface area contributed by atoms with Gasteiger partial charge in [-0.1, -0.05) is 58.4 Å². The number of amides is 1. The molecule has 1 heterocycles. The predicted molar refractivity (Wildman–Crippen MR) is 97.8 cm³/mol. The summed E-state index contributed by atoms with van der Waals surface area (Å²) in [6.45, 7) is 1.84. The van der Waals surface area contributed by atoms with Crippen LogP contribution in [-0.4, -0.2) is 21.8 Å². The Bertz CT molecular complexity index is 870. The first-order valence-electron chi connectivity index (χ1n) is 7.35. The van der Waals surface area contributed by atoms with Crippen molar-refractivity contribution < 1.29 is 4.79 Å². The van der Waals surface area contributed by atoms with E-state index in [-0.39, 0.29) is 5.91 Å². The molecule has 3 aromatic rings. The molecule has 0 atom stereocenters. The van der Waals surface area contributed by atoms with Crippen molar-refractivity contribution in [2.24, 2.45) is 5.10 Å². The molecule has 0 aliphatic carbocycles. The molecule has 6 heteroatoms. The minimum Gasteiger partial charge on any atom is -0.272 e. The molecule has 0 bridgehead atoms. The van der Waals surface area contributed by atoms with Gasteiger partial charge < -0.3 is 0 Å². The van der Waals surface area contributed by atoms with Crippen molar-refractivity contribution in [1.82, 2.24) is 15.6 Å². The van der Waals surface area contributed by atoms with Crippen molar-refractivity contribution in [3.05, 3.63) is 76.4 Å². The van der Waals surface area contributed by atoms with Gasteiger partial charge in [0.1, 0.15) is 5.69 Å². The van der Waals surface area contributed by atoms with Gasteiger partial charge in [-0.05, 0) is 30.7 Å². The lowest BCUT2D eigenvalue weighted by Crippen LogP contribution is -2.19. The summed E-state index contributed by atoms with van der Waals surface area (Å²) < 4.78 is 0.991. The van der Waals surface area contributed by atoms with E-state index in [0.29, 0.717) is 11.4 Å². The molecule has 1 amide bonds. The lowest BCUT2D eigenvalue weighted by molar-refractivity contribution is 0.0950. The Balaban J connectivity index is 1.71. The minimum atomic E-state index is -0.332. The van der Waals surface area contributed by atoms with Crippen LogP contribution in [0, 0.1) is 0 Å². The first-order valence-corrected chi connectivity index (χ1v) is 8.14. The molecule has 2 N–H and O–H groups in total. The first-order chi connectivity index (χ1) is 11.6. The Morgan fingerprint density at radius 2 is 1.83 bits per heavy atom. The van der Waals surface area contributed by atoms with E-state index in [1.165, 1.54) is 0 Å². The highest BCUT2D eigenvalue weighted by Crippen LogP contribution is 2.20. The molecular weight excluding hydrogens is 368 g/mol. The standard InChI is InChI=1S/C18H15BrN4O/c1-12(13-5-3-2-4-6-13)20-23-18(24)17-11-16(21-22-17)14-7-9-15(19)10-8-14/h2-11H,1H3,(H,21,22)(H,23,24). The third-order valence-electron chi connectivity index (χ3n) is 3.48. The van der Waals surface area contributed by atoms with Gasteiger partial charge in [0.25, 0.3) is 5.91 Å². The maximum atomic E-state index is 12.2. The van der Waals surface area contributed by atoms with Crippen LogP contribution < -0.4 is 5.43 Å². The summed E-state index contributed by atoms with van der Waals surface area (Å²) in [7, 11) is 0. The van der Waals surface area contributed by atoms with Crippen LogP contribution in [0.25, 0.3) is 11.3 Å². The normalized spacial score (nSPS) is 11.3. The number of nitrogens with zero attached hydrogens (tertiary/aromatic N) is 2. The minimum absolute atomic E-state index is 0.332. The zero-order valence-electron chi connectivity index (χ0n) is 13.0. The van der Waals surface area contributed by atoms with E-state index in [0.717, 1.165) is 21.3 Å². The lowest BCUT2D eigenvalue weighted by atomic mass is 10.1. The number of halogens is 1. The van der Waals surface area contributed by atoms with E-state index in [9.17, 15) is 4.79 Å². The Morgan fingerprint density at radius 1 is 1.12 bits per heavy atom. The van der Waals surface area contributed by atoms with Gasteiger partial charge in [-0.15, -0.1) is 0 Å². The smallest absolute Gasteiger partial charge is 0.272 e. The number of nitrogens with one attached hydrogen (secondary N) is 2. The van der Waals surface area contributed by atoms with Gasteiger partial charge in [-0.3, -0.25) is 9.89 Å². The summed E-state index contributed by atoms with van der Waals surface area (Å²) in [5.74, 6) is -0.332. The van der Waals surface area contributed by atoms with E-state index in [2.05, 4.69) is 36.7 Å². The second-order valence-corrected chi connectivity index (χ2v) is 6.09. The predicted octanol–water partition coefficient (Wildman–Crippen LogP) is 3.99. The second-order valence-electron chi connectivity index (χ2n) is 5.18. The zero-order valence-corrected chi connectivity index (χ0v) is 14.5. The molecule has 24 heavy (non-hydrogen) atoms. The first kappa shape index (κ1) is 16.1.